The number of carbonyl (C=O) groups is 2. The third-order valence-corrected chi connectivity index (χ3v) is 4.17. The van der Waals surface area contributed by atoms with E-state index in [2.05, 4.69) is 15.6 Å². The number of rotatable bonds is 5. The molecule has 2 amide bonds. The molecule has 0 spiro atoms. The van der Waals surface area contributed by atoms with Gasteiger partial charge in [-0.3, -0.25) is 14.5 Å². The van der Waals surface area contributed by atoms with Crippen LogP contribution in [0.5, 0.6) is 0 Å². The molecule has 0 bridgehead atoms. The summed E-state index contributed by atoms with van der Waals surface area (Å²) in [6.07, 6.45) is 4.67. The van der Waals surface area contributed by atoms with Crippen molar-refractivity contribution in [2.24, 2.45) is 0 Å². The molecule has 1 aliphatic heterocycles. The molecule has 2 aromatic heterocycles. The lowest BCUT2D eigenvalue weighted by Gasteiger charge is -2.31. The highest BCUT2D eigenvalue weighted by atomic mass is 16.2. The monoisotopic (exact) mass is 315 g/mol. The van der Waals surface area contributed by atoms with E-state index in [4.69, 9.17) is 0 Å². The van der Waals surface area contributed by atoms with Gasteiger partial charge < -0.3 is 15.0 Å². The van der Waals surface area contributed by atoms with Gasteiger partial charge in [-0.25, -0.2) is 4.98 Å². The molecular weight excluding hydrogens is 294 g/mol. The Bertz CT molecular complexity index is 711. The third kappa shape index (κ3) is 3.50. The van der Waals surface area contributed by atoms with Crippen LogP contribution >= 0.6 is 0 Å². The molecule has 23 heavy (non-hydrogen) atoms. The maximum atomic E-state index is 12.1. The molecule has 0 aliphatic carbocycles. The largest absolute Gasteiger partial charge is 0.356 e. The van der Waals surface area contributed by atoms with Crippen molar-refractivity contribution in [2.75, 3.05) is 26.7 Å². The molecule has 0 unspecified atom stereocenters. The fourth-order valence-electron chi connectivity index (χ4n) is 2.83. The van der Waals surface area contributed by atoms with Gasteiger partial charge in [0, 0.05) is 44.1 Å². The lowest BCUT2D eigenvalue weighted by Crippen LogP contribution is -2.55. The zero-order chi connectivity index (χ0) is 16.2. The van der Waals surface area contributed by atoms with Crippen molar-refractivity contribution in [1.29, 1.82) is 0 Å². The van der Waals surface area contributed by atoms with Crippen molar-refractivity contribution in [3.05, 3.63) is 36.3 Å². The summed E-state index contributed by atoms with van der Waals surface area (Å²) in [5.74, 6) is -0.177. The van der Waals surface area contributed by atoms with E-state index in [9.17, 15) is 9.59 Å². The Morgan fingerprint density at radius 2 is 2.35 bits per heavy atom. The van der Waals surface area contributed by atoms with Gasteiger partial charge in [0.25, 0.3) is 0 Å². The highest BCUT2D eigenvalue weighted by Gasteiger charge is 2.28. The number of carbonyl (C=O) groups excluding carboxylic acids is 2. The molecule has 1 saturated heterocycles. The first-order valence-corrected chi connectivity index (χ1v) is 7.81. The predicted molar refractivity (Wildman–Crippen MR) is 86.0 cm³/mol. The average Bonchev–Trinajstić information content (AvgIpc) is 2.95. The van der Waals surface area contributed by atoms with E-state index in [1.165, 1.54) is 0 Å². The fraction of sp³-hybridized carbons (Fsp3) is 0.438. The second-order valence-corrected chi connectivity index (χ2v) is 5.77. The minimum atomic E-state index is -0.375. The van der Waals surface area contributed by atoms with Crippen LogP contribution in [0.2, 0.25) is 0 Å². The molecule has 0 aromatic carbocycles. The van der Waals surface area contributed by atoms with Crippen LogP contribution in [-0.4, -0.2) is 58.8 Å². The van der Waals surface area contributed by atoms with Gasteiger partial charge in [-0.05, 0) is 19.2 Å². The van der Waals surface area contributed by atoms with E-state index < -0.39 is 0 Å². The normalized spacial score (nSPS) is 18.8. The highest BCUT2D eigenvalue weighted by Crippen LogP contribution is 2.07. The first-order chi connectivity index (χ1) is 11.1. The van der Waals surface area contributed by atoms with Crippen molar-refractivity contribution < 1.29 is 9.59 Å². The maximum absolute atomic E-state index is 12.1. The zero-order valence-corrected chi connectivity index (χ0v) is 13.2. The molecule has 7 nitrogen and oxygen atoms in total. The van der Waals surface area contributed by atoms with Crippen LogP contribution in [0, 0.1) is 0 Å². The number of pyridine rings is 1. The van der Waals surface area contributed by atoms with E-state index in [-0.39, 0.29) is 24.3 Å². The van der Waals surface area contributed by atoms with Crippen molar-refractivity contribution in [2.45, 2.75) is 18.9 Å². The summed E-state index contributed by atoms with van der Waals surface area (Å²) in [4.78, 5) is 30.1. The number of imidazole rings is 1. The smallest absolute Gasteiger partial charge is 0.237 e. The van der Waals surface area contributed by atoms with E-state index >= 15 is 0 Å². The second kappa shape index (κ2) is 6.78. The Morgan fingerprint density at radius 1 is 1.48 bits per heavy atom. The molecule has 3 heterocycles. The third-order valence-electron chi connectivity index (χ3n) is 4.17. The Kier molecular flexibility index (Phi) is 4.57. The molecule has 0 saturated carbocycles. The van der Waals surface area contributed by atoms with Crippen molar-refractivity contribution in [1.82, 2.24) is 24.9 Å². The molecule has 1 aliphatic rings. The minimum Gasteiger partial charge on any atom is -0.356 e. The summed E-state index contributed by atoms with van der Waals surface area (Å²) in [5, 5.41) is 5.68. The van der Waals surface area contributed by atoms with Crippen LogP contribution in [-0.2, 0) is 16.0 Å². The number of aromatic nitrogens is 2. The lowest BCUT2D eigenvalue weighted by molar-refractivity contribution is -0.133. The average molecular weight is 315 g/mol. The Balaban J connectivity index is 1.50. The summed E-state index contributed by atoms with van der Waals surface area (Å²) < 4.78 is 2.01. The van der Waals surface area contributed by atoms with Gasteiger partial charge in [0.05, 0.1) is 12.5 Å². The zero-order valence-electron chi connectivity index (χ0n) is 13.2. The van der Waals surface area contributed by atoms with E-state index in [1.807, 2.05) is 46.9 Å². The number of hydrogen-bond acceptors (Lipinski definition) is 4. The number of likely N-dealkylation sites (N-methyl/N-ethyl adjacent to an activating group) is 1. The number of nitrogens with zero attached hydrogens (tertiary/aromatic N) is 3. The van der Waals surface area contributed by atoms with Crippen molar-refractivity contribution >= 4 is 17.5 Å². The standard InChI is InChI=1S/C16H21N5O2/c1-20-9-7-18-16(23)13(20)10-15(22)17-6-5-12-11-19-14-4-2-3-8-21(12)14/h2-4,8,11,13H,5-7,9-10H2,1H3,(H,17,22)(H,18,23)/t13-/m0/s1. The Labute approximate surface area is 134 Å². The van der Waals surface area contributed by atoms with Crippen LogP contribution in [0.1, 0.15) is 12.1 Å². The molecular formula is C16H21N5O2. The molecule has 0 radical (unpaired) electrons. The molecule has 2 aromatic rings. The number of hydrogen-bond donors (Lipinski definition) is 2. The molecule has 2 N–H and O–H groups in total. The molecule has 122 valence electrons. The van der Waals surface area contributed by atoms with Crippen LogP contribution in [0.3, 0.4) is 0 Å². The highest BCUT2D eigenvalue weighted by molar-refractivity contribution is 5.88. The quantitative estimate of drug-likeness (QED) is 0.802. The number of nitrogens with one attached hydrogen (secondary N) is 2. The topological polar surface area (TPSA) is 78.7 Å². The number of fused-ring (bicyclic) bond motifs is 1. The molecule has 7 heteroatoms. The molecule has 1 fully saturated rings. The van der Waals surface area contributed by atoms with Gasteiger partial charge in [-0.15, -0.1) is 0 Å². The summed E-state index contributed by atoms with van der Waals surface area (Å²) in [6.45, 7) is 1.94. The summed E-state index contributed by atoms with van der Waals surface area (Å²) in [6, 6.07) is 5.47. The SMILES string of the molecule is CN1CCNC(=O)[C@@H]1CC(=O)NCCc1cnc2ccccn12. The second-order valence-electron chi connectivity index (χ2n) is 5.77. The van der Waals surface area contributed by atoms with Gasteiger partial charge in [0.15, 0.2) is 0 Å². The van der Waals surface area contributed by atoms with Gasteiger partial charge >= 0.3 is 0 Å². The van der Waals surface area contributed by atoms with Crippen LogP contribution in [0.25, 0.3) is 5.65 Å². The summed E-state index contributed by atoms with van der Waals surface area (Å²) in [5.41, 5.74) is 1.95. The van der Waals surface area contributed by atoms with Crippen LogP contribution in [0.4, 0.5) is 0 Å². The summed E-state index contributed by atoms with van der Waals surface area (Å²) >= 11 is 0. The Hall–Kier alpha value is -2.41. The maximum Gasteiger partial charge on any atom is 0.237 e. The molecule has 3 rings (SSSR count). The minimum absolute atomic E-state index is 0.0734. The lowest BCUT2D eigenvalue weighted by atomic mass is 10.1. The van der Waals surface area contributed by atoms with Gasteiger partial charge in [0.2, 0.25) is 11.8 Å². The first kappa shape index (κ1) is 15.5. The Morgan fingerprint density at radius 3 is 3.17 bits per heavy atom. The van der Waals surface area contributed by atoms with E-state index in [0.717, 1.165) is 17.9 Å². The van der Waals surface area contributed by atoms with Crippen LogP contribution < -0.4 is 10.6 Å². The van der Waals surface area contributed by atoms with Crippen LogP contribution in [0.15, 0.2) is 30.6 Å². The fourth-order valence-corrected chi connectivity index (χ4v) is 2.83. The van der Waals surface area contributed by atoms with E-state index in [1.54, 1.807) is 0 Å². The number of piperazine rings is 1. The van der Waals surface area contributed by atoms with Crippen molar-refractivity contribution in [3.8, 4) is 0 Å². The van der Waals surface area contributed by atoms with E-state index in [0.29, 0.717) is 19.5 Å². The first-order valence-electron chi connectivity index (χ1n) is 7.81. The van der Waals surface area contributed by atoms with Gasteiger partial charge in [-0.1, -0.05) is 6.07 Å². The summed E-state index contributed by atoms with van der Waals surface area (Å²) in [7, 11) is 1.87. The predicted octanol–water partition coefficient (Wildman–Crippen LogP) is -0.187. The van der Waals surface area contributed by atoms with Gasteiger partial charge in [-0.2, -0.15) is 0 Å². The van der Waals surface area contributed by atoms with Gasteiger partial charge in [0.1, 0.15) is 5.65 Å². The molecule has 1 atom stereocenters. The van der Waals surface area contributed by atoms with Crippen molar-refractivity contribution in [3.63, 3.8) is 0 Å². The number of amides is 2.